The lowest BCUT2D eigenvalue weighted by atomic mass is 9.98. The van der Waals surface area contributed by atoms with Crippen LogP contribution >= 0.6 is 0 Å². The Hall–Kier alpha value is -3.25. The number of nitrogens with zero attached hydrogens (tertiary/aromatic N) is 1. The van der Waals surface area contributed by atoms with Gasteiger partial charge in [-0.15, -0.1) is 0 Å². The second kappa shape index (κ2) is 8.41. The quantitative estimate of drug-likeness (QED) is 0.628. The summed E-state index contributed by atoms with van der Waals surface area (Å²) in [6.07, 6.45) is 0.835. The predicted molar refractivity (Wildman–Crippen MR) is 107 cm³/mol. The molecule has 0 radical (unpaired) electrons. The molecular weight excluding hydrogens is 371 g/mol. The fourth-order valence-electron chi connectivity index (χ4n) is 3.81. The van der Waals surface area contributed by atoms with E-state index in [-0.39, 0.29) is 25.6 Å². The molecule has 0 fully saturated rings. The fraction of sp³-hybridized carbons (Fsp3) is 0.217. The predicted octanol–water partition coefficient (Wildman–Crippen LogP) is 3.66. The zero-order valence-corrected chi connectivity index (χ0v) is 15.7. The Kier molecular flexibility index (Phi) is 5.53. The number of ether oxygens (including phenoxy) is 1. The Morgan fingerprint density at radius 3 is 2.34 bits per heavy atom. The van der Waals surface area contributed by atoms with Crippen LogP contribution in [0.4, 0.5) is 9.18 Å². The SMILES string of the molecule is O=C(NC(CO)Cc1cccnc1F)OCC1c2ccccc2-c2ccccc21. The molecule has 1 unspecified atom stereocenters. The molecule has 1 aromatic heterocycles. The van der Waals surface area contributed by atoms with E-state index >= 15 is 0 Å². The van der Waals surface area contributed by atoms with Crippen molar-refractivity contribution in [2.24, 2.45) is 0 Å². The summed E-state index contributed by atoms with van der Waals surface area (Å²) in [5.41, 5.74) is 4.87. The smallest absolute Gasteiger partial charge is 0.407 e. The van der Waals surface area contributed by atoms with Crippen molar-refractivity contribution >= 4 is 6.09 Å². The summed E-state index contributed by atoms with van der Waals surface area (Å²) in [5, 5.41) is 12.2. The highest BCUT2D eigenvalue weighted by Gasteiger charge is 2.29. The Balaban J connectivity index is 1.41. The normalized spacial score (nSPS) is 13.4. The number of benzene rings is 2. The van der Waals surface area contributed by atoms with Gasteiger partial charge in [-0.1, -0.05) is 54.6 Å². The molecule has 148 valence electrons. The minimum absolute atomic E-state index is 0.0449. The second-order valence-corrected chi connectivity index (χ2v) is 7.01. The number of fused-ring (bicyclic) bond motifs is 3. The molecule has 0 bridgehead atoms. The number of hydrogen-bond donors (Lipinski definition) is 2. The van der Waals surface area contributed by atoms with Crippen LogP contribution in [0.2, 0.25) is 0 Å². The highest BCUT2D eigenvalue weighted by molar-refractivity contribution is 5.79. The second-order valence-electron chi connectivity index (χ2n) is 7.01. The van der Waals surface area contributed by atoms with Gasteiger partial charge in [0.1, 0.15) is 6.61 Å². The van der Waals surface area contributed by atoms with E-state index in [0.717, 1.165) is 22.3 Å². The number of pyridine rings is 1. The van der Waals surface area contributed by atoms with E-state index in [1.54, 1.807) is 12.1 Å². The number of carbonyl (C=O) groups is 1. The van der Waals surface area contributed by atoms with Gasteiger partial charge in [-0.05, 0) is 34.7 Å². The molecule has 5 nitrogen and oxygen atoms in total. The number of alkyl carbamates (subject to hydrolysis) is 1. The first-order valence-corrected chi connectivity index (χ1v) is 9.49. The maximum absolute atomic E-state index is 13.7. The van der Waals surface area contributed by atoms with Crippen LogP contribution in [-0.2, 0) is 11.2 Å². The first-order valence-electron chi connectivity index (χ1n) is 9.49. The third-order valence-electron chi connectivity index (χ3n) is 5.19. The van der Waals surface area contributed by atoms with Crippen molar-refractivity contribution in [3.8, 4) is 11.1 Å². The Morgan fingerprint density at radius 2 is 1.72 bits per heavy atom. The number of aromatic nitrogens is 1. The van der Waals surface area contributed by atoms with Crippen molar-refractivity contribution in [3.05, 3.63) is 89.5 Å². The van der Waals surface area contributed by atoms with E-state index in [1.165, 1.54) is 6.20 Å². The topological polar surface area (TPSA) is 71.5 Å². The Bertz CT molecular complexity index is 979. The molecule has 0 saturated carbocycles. The molecule has 2 N–H and O–H groups in total. The molecule has 6 heteroatoms. The van der Waals surface area contributed by atoms with Gasteiger partial charge in [-0.3, -0.25) is 0 Å². The fourth-order valence-corrected chi connectivity index (χ4v) is 3.81. The van der Waals surface area contributed by atoms with Crippen molar-refractivity contribution in [2.45, 2.75) is 18.4 Å². The van der Waals surface area contributed by atoms with Gasteiger partial charge in [0.25, 0.3) is 0 Å². The number of aliphatic hydroxyl groups excluding tert-OH is 1. The number of aliphatic hydroxyl groups is 1. The summed E-state index contributed by atoms with van der Waals surface area (Å²) in [6, 6.07) is 18.7. The molecule has 0 spiro atoms. The Morgan fingerprint density at radius 1 is 1.07 bits per heavy atom. The van der Waals surface area contributed by atoms with Crippen LogP contribution in [0.1, 0.15) is 22.6 Å². The average Bonchev–Trinajstić information content (AvgIpc) is 3.07. The number of amides is 1. The number of nitrogens with one attached hydrogen (secondary N) is 1. The van der Waals surface area contributed by atoms with E-state index < -0.39 is 18.1 Å². The van der Waals surface area contributed by atoms with Gasteiger partial charge in [0, 0.05) is 17.7 Å². The summed E-state index contributed by atoms with van der Waals surface area (Å²) in [4.78, 5) is 15.9. The molecule has 1 amide bonds. The van der Waals surface area contributed by atoms with Crippen LogP contribution in [0.3, 0.4) is 0 Å². The van der Waals surface area contributed by atoms with Crippen LogP contribution in [0.25, 0.3) is 11.1 Å². The average molecular weight is 392 g/mol. The summed E-state index contributed by atoms with van der Waals surface area (Å²) in [5.74, 6) is -0.656. The van der Waals surface area contributed by atoms with Crippen molar-refractivity contribution in [3.63, 3.8) is 0 Å². The van der Waals surface area contributed by atoms with Gasteiger partial charge in [-0.25, -0.2) is 9.78 Å². The van der Waals surface area contributed by atoms with Crippen LogP contribution in [0.5, 0.6) is 0 Å². The third kappa shape index (κ3) is 3.98. The molecular formula is C23H21FN2O3. The zero-order chi connectivity index (χ0) is 20.2. The van der Waals surface area contributed by atoms with E-state index in [4.69, 9.17) is 4.74 Å². The van der Waals surface area contributed by atoms with E-state index in [0.29, 0.717) is 5.56 Å². The first kappa shape index (κ1) is 19.1. The van der Waals surface area contributed by atoms with Crippen LogP contribution < -0.4 is 5.32 Å². The van der Waals surface area contributed by atoms with E-state index in [2.05, 4.69) is 22.4 Å². The molecule has 1 heterocycles. The van der Waals surface area contributed by atoms with Gasteiger partial charge in [-0.2, -0.15) is 4.39 Å². The Labute approximate surface area is 168 Å². The van der Waals surface area contributed by atoms with Gasteiger partial charge < -0.3 is 15.2 Å². The van der Waals surface area contributed by atoms with Crippen molar-refractivity contribution < 1.29 is 19.0 Å². The number of carbonyl (C=O) groups excluding carboxylic acids is 1. The highest BCUT2D eigenvalue weighted by atomic mass is 19.1. The van der Waals surface area contributed by atoms with Crippen LogP contribution in [0, 0.1) is 5.95 Å². The van der Waals surface area contributed by atoms with Crippen molar-refractivity contribution in [1.82, 2.24) is 10.3 Å². The summed E-state index contributed by atoms with van der Waals surface area (Å²) in [6.45, 7) is -0.155. The molecule has 0 aliphatic heterocycles. The monoisotopic (exact) mass is 392 g/mol. The molecule has 1 atom stereocenters. The van der Waals surface area contributed by atoms with Crippen LogP contribution in [0.15, 0.2) is 66.9 Å². The van der Waals surface area contributed by atoms with Gasteiger partial charge in [0.15, 0.2) is 0 Å². The minimum Gasteiger partial charge on any atom is -0.449 e. The van der Waals surface area contributed by atoms with Gasteiger partial charge in [0.05, 0.1) is 12.6 Å². The molecule has 0 saturated heterocycles. The number of rotatable bonds is 6. The molecule has 3 aromatic rings. The lowest BCUT2D eigenvalue weighted by Gasteiger charge is -2.18. The largest absolute Gasteiger partial charge is 0.449 e. The number of hydrogen-bond acceptors (Lipinski definition) is 4. The lowest BCUT2D eigenvalue weighted by molar-refractivity contribution is 0.132. The molecule has 1 aliphatic rings. The summed E-state index contributed by atoms with van der Waals surface area (Å²) < 4.78 is 19.2. The summed E-state index contributed by atoms with van der Waals surface area (Å²) in [7, 11) is 0. The number of halogens is 1. The molecule has 29 heavy (non-hydrogen) atoms. The maximum Gasteiger partial charge on any atom is 0.407 e. The van der Waals surface area contributed by atoms with Crippen LogP contribution in [-0.4, -0.2) is 35.4 Å². The lowest BCUT2D eigenvalue weighted by Crippen LogP contribution is -2.40. The third-order valence-corrected chi connectivity index (χ3v) is 5.19. The van der Waals surface area contributed by atoms with Gasteiger partial charge >= 0.3 is 6.09 Å². The highest BCUT2D eigenvalue weighted by Crippen LogP contribution is 2.44. The van der Waals surface area contributed by atoms with E-state index in [1.807, 2.05) is 36.4 Å². The van der Waals surface area contributed by atoms with Gasteiger partial charge in [0.2, 0.25) is 5.95 Å². The van der Waals surface area contributed by atoms with E-state index in [9.17, 15) is 14.3 Å². The van der Waals surface area contributed by atoms with Crippen molar-refractivity contribution in [1.29, 1.82) is 0 Å². The minimum atomic E-state index is -0.663. The molecule has 2 aromatic carbocycles. The maximum atomic E-state index is 13.7. The first-order chi connectivity index (χ1) is 14.2. The van der Waals surface area contributed by atoms with Crippen molar-refractivity contribution in [2.75, 3.05) is 13.2 Å². The standard InChI is InChI=1S/C23H21FN2O3/c24-22-15(6-5-11-25-22)12-16(13-27)26-23(28)29-14-21-19-9-3-1-7-17(19)18-8-2-4-10-20(18)21/h1-11,16,21,27H,12-14H2,(H,26,28). The zero-order valence-electron chi connectivity index (χ0n) is 15.7. The molecule has 1 aliphatic carbocycles. The summed E-state index contributed by atoms with van der Waals surface area (Å²) >= 11 is 0. The molecule has 4 rings (SSSR count).